The molecule has 0 spiro atoms. The van der Waals surface area contributed by atoms with Crippen LogP contribution < -0.4 is 4.74 Å². The summed E-state index contributed by atoms with van der Waals surface area (Å²) in [6.07, 6.45) is 7.99. The molecule has 0 aliphatic heterocycles. The maximum absolute atomic E-state index is 11.2. The van der Waals surface area contributed by atoms with Crippen molar-refractivity contribution in [3.8, 4) is 5.75 Å². The highest BCUT2D eigenvalue weighted by Gasteiger charge is 2.60. The molecule has 3 aliphatic carbocycles. The quantitative estimate of drug-likeness (QED) is 0.858. The first-order chi connectivity index (χ1) is 11.0. The van der Waals surface area contributed by atoms with Crippen molar-refractivity contribution in [2.75, 3.05) is 7.11 Å². The van der Waals surface area contributed by atoms with Gasteiger partial charge in [-0.1, -0.05) is 19.9 Å². The lowest BCUT2D eigenvalue weighted by atomic mass is 9.53. The van der Waals surface area contributed by atoms with Crippen molar-refractivity contribution in [3.63, 3.8) is 0 Å². The van der Waals surface area contributed by atoms with Crippen LogP contribution in [0, 0.1) is 17.3 Å². The number of aliphatic hydroxyl groups is 1. The van der Waals surface area contributed by atoms with Crippen molar-refractivity contribution in [2.24, 2.45) is 17.3 Å². The molecule has 0 radical (unpaired) electrons. The minimum Gasteiger partial charge on any atom is -0.497 e. The number of hydrogen-bond donors (Lipinski definition) is 1. The van der Waals surface area contributed by atoms with Gasteiger partial charge >= 0.3 is 0 Å². The van der Waals surface area contributed by atoms with Crippen molar-refractivity contribution in [1.29, 1.82) is 0 Å². The highest BCUT2D eigenvalue weighted by Crippen LogP contribution is 2.64. The zero-order valence-corrected chi connectivity index (χ0v) is 14.8. The molecule has 2 nitrogen and oxygen atoms in total. The summed E-state index contributed by atoms with van der Waals surface area (Å²) in [4.78, 5) is 0. The van der Waals surface area contributed by atoms with Gasteiger partial charge in [-0.05, 0) is 91.4 Å². The van der Waals surface area contributed by atoms with Crippen molar-refractivity contribution in [3.05, 3.63) is 29.3 Å². The van der Waals surface area contributed by atoms with Crippen LogP contribution in [0.4, 0.5) is 0 Å². The van der Waals surface area contributed by atoms with E-state index in [1.807, 2.05) is 0 Å². The van der Waals surface area contributed by atoms with Crippen LogP contribution in [0.15, 0.2) is 18.2 Å². The zero-order chi connectivity index (χ0) is 16.2. The average molecular weight is 314 g/mol. The monoisotopic (exact) mass is 314 g/mol. The third-order valence-corrected chi connectivity index (χ3v) is 7.84. The largest absolute Gasteiger partial charge is 0.497 e. The number of hydrogen-bond acceptors (Lipinski definition) is 2. The van der Waals surface area contributed by atoms with E-state index in [1.54, 1.807) is 12.7 Å². The molecule has 0 amide bonds. The molecule has 2 fully saturated rings. The fourth-order valence-electron chi connectivity index (χ4n) is 6.38. The predicted octanol–water partition coefficient (Wildman–Crippen LogP) is 4.69. The topological polar surface area (TPSA) is 29.5 Å². The third kappa shape index (κ3) is 2.03. The molecule has 1 N–H and O–H groups in total. The van der Waals surface area contributed by atoms with E-state index in [0.29, 0.717) is 11.8 Å². The Hall–Kier alpha value is -1.02. The molecule has 1 aromatic rings. The van der Waals surface area contributed by atoms with E-state index in [9.17, 15) is 5.11 Å². The van der Waals surface area contributed by atoms with E-state index in [0.717, 1.165) is 24.5 Å². The number of methoxy groups -OCH3 is 1. The van der Waals surface area contributed by atoms with Crippen LogP contribution in [-0.2, 0) is 6.42 Å². The summed E-state index contributed by atoms with van der Waals surface area (Å²) in [6, 6.07) is 6.69. The van der Waals surface area contributed by atoms with E-state index >= 15 is 0 Å². The first kappa shape index (κ1) is 15.5. The number of fused-ring (bicyclic) bond motifs is 5. The Morgan fingerprint density at radius 3 is 2.78 bits per heavy atom. The Labute approximate surface area is 140 Å². The molecule has 0 heterocycles. The second-order valence-corrected chi connectivity index (χ2v) is 8.36. The summed E-state index contributed by atoms with van der Waals surface area (Å²) >= 11 is 0. The molecule has 1 aromatic carbocycles. The smallest absolute Gasteiger partial charge is 0.119 e. The van der Waals surface area contributed by atoms with E-state index in [1.165, 1.54) is 37.7 Å². The maximum Gasteiger partial charge on any atom is 0.119 e. The van der Waals surface area contributed by atoms with Crippen LogP contribution in [0.5, 0.6) is 5.75 Å². The minimum absolute atomic E-state index is 0.132. The van der Waals surface area contributed by atoms with Gasteiger partial charge in [-0.25, -0.2) is 0 Å². The van der Waals surface area contributed by atoms with E-state index in [2.05, 4.69) is 32.0 Å². The van der Waals surface area contributed by atoms with Gasteiger partial charge < -0.3 is 9.84 Å². The summed E-state index contributed by atoms with van der Waals surface area (Å²) in [5, 5.41) is 11.2. The van der Waals surface area contributed by atoms with Gasteiger partial charge in [0.2, 0.25) is 0 Å². The molecule has 5 atom stereocenters. The Morgan fingerprint density at radius 1 is 1.22 bits per heavy atom. The molecular weight excluding hydrogens is 284 g/mol. The lowest BCUT2D eigenvalue weighted by Crippen LogP contribution is -2.50. The molecular formula is C21H30O2. The van der Waals surface area contributed by atoms with Crippen molar-refractivity contribution in [2.45, 2.75) is 70.3 Å². The van der Waals surface area contributed by atoms with Gasteiger partial charge in [0.05, 0.1) is 12.7 Å². The van der Waals surface area contributed by atoms with E-state index < -0.39 is 5.60 Å². The van der Waals surface area contributed by atoms with Gasteiger partial charge in [0, 0.05) is 0 Å². The second kappa shape index (κ2) is 5.24. The molecule has 0 saturated heterocycles. The number of ether oxygens (including phenoxy) is 1. The van der Waals surface area contributed by atoms with Gasteiger partial charge in [-0.3, -0.25) is 0 Å². The molecule has 23 heavy (non-hydrogen) atoms. The van der Waals surface area contributed by atoms with Gasteiger partial charge in [0.1, 0.15) is 5.75 Å². The molecule has 2 saturated carbocycles. The summed E-state index contributed by atoms with van der Waals surface area (Å²) in [7, 11) is 1.75. The molecule has 126 valence electrons. The number of rotatable bonds is 2. The highest BCUT2D eigenvalue weighted by atomic mass is 16.5. The molecule has 0 bridgehead atoms. The Morgan fingerprint density at radius 2 is 2.04 bits per heavy atom. The lowest BCUT2D eigenvalue weighted by Gasteiger charge is -2.53. The average Bonchev–Trinajstić information content (AvgIpc) is 2.86. The van der Waals surface area contributed by atoms with Crippen LogP contribution in [0.1, 0.15) is 69.4 Å². The molecule has 3 aliphatic rings. The summed E-state index contributed by atoms with van der Waals surface area (Å²) < 4.78 is 5.41. The zero-order valence-electron chi connectivity index (χ0n) is 14.8. The fraction of sp³-hybridized carbons (Fsp3) is 0.714. The van der Waals surface area contributed by atoms with Crippen molar-refractivity contribution >= 4 is 0 Å². The van der Waals surface area contributed by atoms with E-state index in [-0.39, 0.29) is 5.41 Å². The van der Waals surface area contributed by atoms with Crippen LogP contribution in [-0.4, -0.2) is 17.8 Å². The van der Waals surface area contributed by atoms with Crippen LogP contribution >= 0.6 is 0 Å². The third-order valence-electron chi connectivity index (χ3n) is 7.84. The first-order valence-electron chi connectivity index (χ1n) is 9.41. The Bertz CT molecular complexity index is 610. The van der Waals surface area contributed by atoms with Crippen molar-refractivity contribution in [1.82, 2.24) is 0 Å². The van der Waals surface area contributed by atoms with Crippen molar-refractivity contribution < 1.29 is 9.84 Å². The maximum atomic E-state index is 11.2. The van der Waals surface area contributed by atoms with Gasteiger partial charge in [-0.2, -0.15) is 0 Å². The van der Waals surface area contributed by atoms with E-state index in [4.69, 9.17) is 4.74 Å². The molecule has 0 aromatic heterocycles. The van der Waals surface area contributed by atoms with Crippen LogP contribution in [0.2, 0.25) is 0 Å². The molecule has 0 unspecified atom stereocenters. The Kier molecular flexibility index (Phi) is 3.53. The first-order valence-corrected chi connectivity index (χ1v) is 9.41. The number of aryl methyl sites for hydroxylation is 1. The van der Waals surface area contributed by atoms with Crippen LogP contribution in [0.3, 0.4) is 0 Å². The van der Waals surface area contributed by atoms with Gasteiger partial charge in [0.15, 0.2) is 0 Å². The summed E-state index contributed by atoms with van der Waals surface area (Å²) in [5.41, 5.74) is 2.77. The standard InChI is InChI=1S/C21H30O2/c1-4-21(22)12-10-19-18-7-5-14-13-15(23-3)6-8-16(14)17(18)9-11-20(19,21)2/h6,8,13,17-19,22H,4-5,7,9-12H2,1-3H3/t17-,18-,19+,20+,21-/m1/s1. The Balaban J connectivity index is 1.68. The summed E-state index contributed by atoms with van der Waals surface area (Å²) in [6.45, 7) is 4.55. The fourth-order valence-corrected chi connectivity index (χ4v) is 6.38. The number of benzene rings is 1. The summed E-state index contributed by atoms with van der Waals surface area (Å²) in [5.74, 6) is 3.14. The predicted molar refractivity (Wildman–Crippen MR) is 92.9 cm³/mol. The molecule has 2 heteroatoms. The highest BCUT2D eigenvalue weighted by molar-refractivity contribution is 5.40. The van der Waals surface area contributed by atoms with Gasteiger partial charge in [0.25, 0.3) is 0 Å². The SMILES string of the molecule is CC[C@@]1(O)CC[C@H]2[C@@H]3CCc4cc(OC)ccc4[C@H]3CC[C@@]21C. The molecule has 4 rings (SSSR count). The van der Waals surface area contributed by atoms with Crippen LogP contribution in [0.25, 0.3) is 0 Å². The second-order valence-electron chi connectivity index (χ2n) is 8.36. The lowest BCUT2D eigenvalue weighted by molar-refractivity contribution is -0.104. The van der Waals surface area contributed by atoms with Gasteiger partial charge in [-0.15, -0.1) is 0 Å². The minimum atomic E-state index is -0.428. The normalized spacial score (nSPS) is 41.8.